The molecule has 0 bridgehead atoms. The number of ether oxygens (including phenoxy) is 1. The highest BCUT2D eigenvalue weighted by Gasteiger charge is 2.53. The molecule has 0 unspecified atom stereocenters. The number of aliphatic hydroxyl groups is 3. The fraction of sp³-hybridized carbons (Fsp3) is 0.600. The van der Waals surface area contributed by atoms with E-state index in [1.807, 2.05) is 6.07 Å². The second kappa shape index (κ2) is 4.88. The zero-order chi connectivity index (χ0) is 16.4. The van der Waals surface area contributed by atoms with E-state index in [1.165, 1.54) is 6.92 Å². The summed E-state index contributed by atoms with van der Waals surface area (Å²) in [4.78, 5) is 8.63. The van der Waals surface area contributed by atoms with Crippen LogP contribution >= 0.6 is 0 Å². The molecule has 0 spiro atoms. The molecule has 3 heterocycles. The van der Waals surface area contributed by atoms with Crippen molar-refractivity contribution in [2.45, 2.75) is 49.7 Å². The van der Waals surface area contributed by atoms with Gasteiger partial charge in [-0.2, -0.15) is 4.98 Å². The quantitative estimate of drug-likeness (QED) is 0.621. The van der Waals surface area contributed by atoms with Gasteiger partial charge < -0.3 is 30.4 Å². The van der Waals surface area contributed by atoms with Crippen molar-refractivity contribution in [2.24, 2.45) is 0 Å². The van der Waals surface area contributed by atoms with Crippen LogP contribution in [0.15, 0.2) is 12.3 Å². The van der Waals surface area contributed by atoms with E-state index in [0.29, 0.717) is 11.6 Å². The number of rotatable bonds is 3. The molecule has 1 aliphatic heterocycles. The maximum atomic E-state index is 10.6. The standard InChI is InChI=1S/C15H20N4O4/c1-15(22)11(21)9(6-20)23-13(15)19-5-4-8-10(7-2-3-7)17-14(16)18-12(8)19/h4-5,7,9,11,13,20-22H,2-3,6H2,1H3,(H2,16,17,18)/t9-,11-,13-,15-/m1/s1. The summed E-state index contributed by atoms with van der Waals surface area (Å²) in [6.07, 6.45) is 0.996. The van der Waals surface area contributed by atoms with Crippen LogP contribution in [0, 0.1) is 0 Å². The normalized spacial score (nSPS) is 34.3. The summed E-state index contributed by atoms with van der Waals surface area (Å²) >= 11 is 0. The molecule has 1 saturated carbocycles. The van der Waals surface area contributed by atoms with E-state index in [4.69, 9.17) is 10.5 Å². The first-order valence-corrected chi connectivity index (χ1v) is 7.74. The van der Waals surface area contributed by atoms with E-state index in [-0.39, 0.29) is 12.6 Å². The van der Waals surface area contributed by atoms with Crippen molar-refractivity contribution in [3.63, 3.8) is 0 Å². The zero-order valence-electron chi connectivity index (χ0n) is 12.8. The van der Waals surface area contributed by atoms with Crippen molar-refractivity contribution >= 4 is 17.0 Å². The minimum Gasteiger partial charge on any atom is -0.394 e. The van der Waals surface area contributed by atoms with E-state index in [9.17, 15) is 15.3 Å². The summed E-state index contributed by atoms with van der Waals surface area (Å²) in [5.41, 5.74) is 5.77. The Labute approximate surface area is 132 Å². The van der Waals surface area contributed by atoms with Crippen molar-refractivity contribution in [2.75, 3.05) is 12.3 Å². The molecule has 2 aromatic rings. The van der Waals surface area contributed by atoms with Crippen LogP contribution in [0.2, 0.25) is 0 Å². The van der Waals surface area contributed by atoms with Gasteiger partial charge in [0.2, 0.25) is 5.95 Å². The van der Waals surface area contributed by atoms with Gasteiger partial charge in [0.15, 0.2) is 6.23 Å². The number of nitrogens with two attached hydrogens (primary N) is 1. The number of nitrogens with zero attached hydrogens (tertiary/aromatic N) is 3. The lowest BCUT2D eigenvalue weighted by atomic mass is 9.96. The van der Waals surface area contributed by atoms with Crippen LogP contribution in [0.5, 0.6) is 0 Å². The Morgan fingerprint density at radius 2 is 2.17 bits per heavy atom. The van der Waals surface area contributed by atoms with Crippen molar-refractivity contribution in [1.29, 1.82) is 0 Å². The highest BCUT2D eigenvalue weighted by molar-refractivity contribution is 5.81. The Kier molecular flexibility index (Phi) is 3.14. The van der Waals surface area contributed by atoms with Crippen LogP contribution in [-0.4, -0.2) is 54.3 Å². The van der Waals surface area contributed by atoms with Gasteiger partial charge >= 0.3 is 0 Å². The Morgan fingerprint density at radius 1 is 1.43 bits per heavy atom. The third-order valence-electron chi connectivity index (χ3n) is 4.77. The minimum atomic E-state index is -1.56. The number of anilines is 1. The lowest BCUT2D eigenvalue weighted by molar-refractivity contribution is -0.0948. The number of hydrogen-bond acceptors (Lipinski definition) is 7. The van der Waals surface area contributed by atoms with Gasteiger partial charge in [0.05, 0.1) is 12.3 Å². The molecule has 0 aromatic carbocycles. The van der Waals surface area contributed by atoms with Gasteiger partial charge in [-0.05, 0) is 25.8 Å². The average Bonchev–Trinajstić information content (AvgIpc) is 3.23. The zero-order valence-corrected chi connectivity index (χ0v) is 12.8. The molecule has 8 nitrogen and oxygen atoms in total. The van der Waals surface area contributed by atoms with Crippen LogP contribution in [0.1, 0.15) is 37.6 Å². The predicted octanol–water partition coefficient (Wildman–Crippen LogP) is -0.108. The fourth-order valence-electron chi connectivity index (χ4n) is 3.32. The molecule has 4 atom stereocenters. The number of nitrogen functional groups attached to an aromatic ring is 1. The molecule has 5 N–H and O–H groups in total. The molecule has 124 valence electrons. The molecule has 2 aliphatic rings. The van der Waals surface area contributed by atoms with Gasteiger partial charge in [-0.3, -0.25) is 0 Å². The van der Waals surface area contributed by atoms with Gasteiger partial charge in [0.25, 0.3) is 0 Å². The summed E-state index contributed by atoms with van der Waals surface area (Å²) in [5, 5.41) is 31.0. The smallest absolute Gasteiger partial charge is 0.222 e. The largest absolute Gasteiger partial charge is 0.394 e. The first kappa shape index (κ1) is 14.8. The van der Waals surface area contributed by atoms with Crippen LogP contribution in [-0.2, 0) is 4.74 Å². The van der Waals surface area contributed by atoms with Gasteiger partial charge in [-0.1, -0.05) is 0 Å². The van der Waals surface area contributed by atoms with Gasteiger partial charge in [0.1, 0.15) is 23.5 Å². The van der Waals surface area contributed by atoms with E-state index < -0.39 is 24.0 Å². The molecule has 23 heavy (non-hydrogen) atoms. The van der Waals surface area contributed by atoms with Crippen molar-refractivity contribution in [3.8, 4) is 0 Å². The highest BCUT2D eigenvalue weighted by Crippen LogP contribution is 2.44. The summed E-state index contributed by atoms with van der Waals surface area (Å²) < 4.78 is 7.31. The lowest BCUT2D eigenvalue weighted by Gasteiger charge is -2.27. The third kappa shape index (κ3) is 2.13. The van der Waals surface area contributed by atoms with Gasteiger partial charge in [-0.15, -0.1) is 0 Å². The summed E-state index contributed by atoms with van der Waals surface area (Å²) in [6, 6.07) is 1.88. The Hall–Kier alpha value is -1.74. The van der Waals surface area contributed by atoms with E-state index in [0.717, 1.165) is 23.9 Å². The molecule has 0 radical (unpaired) electrons. The topological polar surface area (TPSA) is 127 Å². The second-order valence-corrected chi connectivity index (χ2v) is 6.58. The molecule has 1 aliphatic carbocycles. The fourth-order valence-corrected chi connectivity index (χ4v) is 3.32. The number of aromatic nitrogens is 3. The molecular formula is C15H20N4O4. The number of hydrogen-bond donors (Lipinski definition) is 4. The minimum absolute atomic E-state index is 0.177. The van der Waals surface area contributed by atoms with E-state index >= 15 is 0 Å². The SMILES string of the molecule is C[C@@]1(O)[C@H](O)[C@@H](CO)O[C@H]1n1ccc2c(C3CC3)nc(N)nc21. The molecule has 4 rings (SSSR count). The number of fused-ring (bicyclic) bond motifs is 1. The third-order valence-corrected chi connectivity index (χ3v) is 4.77. The van der Waals surface area contributed by atoms with Crippen molar-refractivity contribution in [3.05, 3.63) is 18.0 Å². The molecule has 8 heteroatoms. The average molecular weight is 320 g/mol. The van der Waals surface area contributed by atoms with Crippen LogP contribution < -0.4 is 5.73 Å². The monoisotopic (exact) mass is 320 g/mol. The molecule has 2 aromatic heterocycles. The molecule has 0 amide bonds. The Bertz CT molecular complexity index is 755. The Morgan fingerprint density at radius 3 is 2.78 bits per heavy atom. The van der Waals surface area contributed by atoms with E-state index in [1.54, 1.807) is 10.8 Å². The van der Waals surface area contributed by atoms with Gasteiger partial charge in [0, 0.05) is 17.5 Å². The lowest BCUT2D eigenvalue weighted by Crippen LogP contribution is -2.44. The van der Waals surface area contributed by atoms with Crippen LogP contribution in [0.25, 0.3) is 11.0 Å². The second-order valence-electron chi connectivity index (χ2n) is 6.58. The maximum Gasteiger partial charge on any atom is 0.222 e. The molecular weight excluding hydrogens is 300 g/mol. The van der Waals surface area contributed by atoms with Crippen LogP contribution in [0.3, 0.4) is 0 Å². The summed E-state index contributed by atoms with van der Waals surface area (Å²) in [5.74, 6) is 0.579. The summed E-state index contributed by atoms with van der Waals surface area (Å²) in [6.45, 7) is 1.10. The van der Waals surface area contributed by atoms with Crippen molar-refractivity contribution < 1.29 is 20.1 Å². The molecule has 1 saturated heterocycles. The highest BCUT2D eigenvalue weighted by atomic mass is 16.6. The summed E-state index contributed by atoms with van der Waals surface area (Å²) in [7, 11) is 0. The van der Waals surface area contributed by atoms with E-state index in [2.05, 4.69) is 9.97 Å². The van der Waals surface area contributed by atoms with Crippen LogP contribution in [0.4, 0.5) is 5.95 Å². The maximum absolute atomic E-state index is 10.6. The first-order chi connectivity index (χ1) is 10.9. The Balaban J connectivity index is 1.83. The van der Waals surface area contributed by atoms with Crippen molar-refractivity contribution in [1.82, 2.24) is 14.5 Å². The first-order valence-electron chi connectivity index (χ1n) is 7.74. The molecule has 2 fully saturated rings. The predicted molar refractivity (Wildman–Crippen MR) is 81.5 cm³/mol. The number of aliphatic hydroxyl groups excluding tert-OH is 2. The van der Waals surface area contributed by atoms with Gasteiger partial charge in [-0.25, -0.2) is 4.98 Å².